The maximum absolute atomic E-state index is 13.2. The molecule has 2 atom stereocenters. The van der Waals surface area contributed by atoms with Gasteiger partial charge < -0.3 is 30.2 Å². The van der Waals surface area contributed by atoms with Crippen molar-refractivity contribution in [3.8, 4) is 0 Å². The molecule has 2 unspecified atom stereocenters. The molecular formula is C24H27ClN6O4S. The highest BCUT2D eigenvalue weighted by molar-refractivity contribution is 7.13. The van der Waals surface area contributed by atoms with E-state index in [0.717, 1.165) is 41.0 Å². The monoisotopic (exact) mass is 530 g/mol. The Balaban J connectivity index is 1.33. The van der Waals surface area contributed by atoms with E-state index in [-0.39, 0.29) is 18.4 Å². The lowest BCUT2D eigenvalue weighted by Gasteiger charge is -2.38. The average Bonchev–Trinajstić information content (AvgIpc) is 3.48. The van der Waals surface area contributed by atoms with E-state index in [4.69, 9.17) is 16.3 Å². The topological polar surface area (TPSA) is 120 Å². The van der Waals surface area contributed by atoms with Crippen LogP contribution in [0, 0.1) is 0 Å². The molecule has 1 saturated heterocycles. The Morgan fingerprint density at radius 3 is 2.78 bits per heavy atom. The molecule has 36 heavy (non-hydrogen) atoms. The van der Waals surface area contributed by atoms with E-state index in [1.807, 2.05) is 13.1 Å². The third-order valence-electron chi connectivity index (χ3n) is 6.62. The molecule has 0 spiro atoms. The Morgan fingerprint density at radius 1 is 1.17 bits per heavy atom. The normalized spacial score (nSPS) is 20.1. The number of nitrogens with one attached hydrogen (secondary N) is 3. The van der Waals surface area contributed by atoms with Gasteiger partial charge in [0.25, 0.3) is 11.8 Å². The van der Waals surface area contributed by atoms with Gasteiger partial charge in [0.15, 0.2) is 5.01 Å². The van der Waals surface area contributed by atoms with Crippen molar-refractivity contribution < 1.29 is 19.1 Å². The van der Waals surface area contributed by atoms with Crippen LogP contribution < -0.4 is 10.6 Å². The number of benzene rings is 1. The maximum Gasteiger partial charge on any atom is 0.409 e. The number of amides is 3. The number of hydrogen-bond donors (Lipinski definition) is 3. The number of likely N-dealkylation sites (tertiary alicyclic amines) is 1. The van der Waals surface area contributed by atoms with Crippen LogP contribution in [-0.2, 0) is 17.7 Å². The van der Waals surface area contributed by atoms with E-state index in [1.54, 1.807) is 18.2 Å². The van der Waals surface area contributed by atoms with Crippen LogP contribution in [0.1, 0.15) is 37.3 Å². The molecule has 12 heteroatoms. The second-order valence-corrected chi connectivity index (χ2v) is 10.7. The van der Waals surface area contributed by atoms with Crippen LogP contribution in [0.5, 0.6) is 0 Å². The molecule has 1 aromatic carbocycles. The highest BCUT2D eigenvalue weighted by Gasteiger charge is 2.35. The summed E-state index contributed by atoms with van der Waals surface area (Å²) in [7, 11) is 3.36. The zero-order valence-corrected chi connectivity index (χ0v) is 21.5. The molecule has 3 N–H and O–H groups in total. The fourth-order valence-corrected chi connectivity index (χ4v) is 5.96. The highest BCUT2D eigenvalue weighted by Crippen LogP contribution is 2.25. The number of carbonyl (C=O) groups excluding carboxylic acids is 3. The molecule has 190 valence electrons. The standard InChI is InChI=1S/C24H27ClN6O4S/c1-30-7-5-17-20(12-30)36-23(29-17)22(33)28-19-11-31(24(34)35-2)8-6-16(19)27-21(32)18-10-13-9-14(25)3-4-15(13)26-18/h3-4,9-10,16,19,26H,5-8,11-12H2,1-2H3,(H,27,32)(H,28,33). The number of piperidine rings is 1. The van der Waals surface area contributed by atoms with Crippen LogP contribution in [0.4, 0.5) is 4.79 Å². The lowest BCUT2D eigenvalue weighted by molar-refractivity contribution is 0.0762. The van der Waals surface area contributed by atoms with Crippen LogP contribution in [-0.4, -0.2) is 83.6 Å². The number of methoxy groups -OCH3 is 1. The fraction of sp³-hybridized carbons (Fsp3) is 0.417. The molecular weight excluding hydrogens is 504 g/mol. The summed E-state index contributed by atoms with van der Waals surface area (Å²) in [5, 5.41) is 7.85. The summed E-state index contributed by atoms with van der Waals surface area (Å²) in [4.78, 5) is 50.9. The maximum atomic E-state index is 13.2. The molecule has 10 nitrogen and oxygen atoms in total. The Bertz CT molecular complexity index is 1320. The zero-order valence-electron chi connectivity index (χ0n) is 20.0. The van der Waals surface area contributed by atoms with Crippen molar-refractivity contribution in [3.63, 3.8) is 0 Å². The van der Waals surface area contributed by atoms with Crippen molar-refractivity contribution >= 4 is 51.7 Å². The number of likely N-dealkylation sites (N-methyl/N-ethyl adjacent to an activating group) is 1. The van der Waals surface area contributed by atoms with Gasteiger partial charge in [0.2, 0.25) is 0 Å². The van der Waals surface area contributed by atoms with E-state index in [1.165, 1.54) is 23.3 Å². The number of ether oxygens (including phenoxy) is 1. The number of carbonyl (C=O) groups is 3. The second-order valence-electron chi connectivity index (χ2n) is 9.16. The lowest BCUT2D eigenvalue weighted by atomic mass is 9.99. The minimum absolute atomic E-state index is 0.208. The third-order valence-corrected chi connectivity index (χ3v) is 7.94. The smallest absolute Gasteiger partial charge is 0.409 e. The number of H-pyrrole nitrogens is 1. The minimum Gasteiger partial charge on any atom is -0.453 e. The van der Waals surface area contributed by atoms with Crippen molar-refractivity contribution in [2.24, 2.45) is 0 Å². The van der Waals surface area contributed by atoms with Crippen LogP contribution in [0.15, 0.2) is 24.3 Å². The van der Waals surface area contributed by atoms with E-state index in [2.05, 4.69) is 25.5 Å². The zero-order chi connectivity index (χ0) is 25.4. The molecule has 2 aromatic heterocycles. The third kappa shape index (κ3) is 5.04. The van der Waals surface area contributed by atoms with Gasteiger partial charge >= 0.3 is 6.09 Å². The van der Waals surface area contributed by atoms with E-state index in [0.29, 0.717) is 28.7 Å². The summed E-state index contributed by atoms with van der Waals surface area (Å²) in [6.07, 6.45) is 0.792. The number of nitrogens with zero attached hydrogens (tertiary/aromatic N) is 3. The fourth-order valence-electron chi connectivity index (χ4n) is 4.69. The first-order valence-corrected chi connectivity index (χ1v) is 12.9. The predicted molar refractivity (Wildman–Crippen MR) is 137 cm³/mol. The Morgan fingerprint density at radius 2 is 1.97 bits per heavy atom. The van der Waals surface area contributed by atoms with Crippen molar-refractivity contribution in [3.05, 3.63) is 50.6 Å². The summed E-state index contributed by atoms with van der Waals surface area (Å²) in [6, 6.07) is 6.19. The van der Waals surface area contributed by atoms with Gasteiger partial charge in [-0.2, -0.15) is 0 Å². The summed E-state index contributed by atoms with van der Waals surface area (Å²) in [5.74, 6) is -0.612. The summed E-state index contributed by atoms with van der Waals surface area (Å²) >= 11 is 7.46. The van der Waals surface area contributed by atoms with Crippen LogP contribution >= 0.6 is 22.9 Å². The largest absolute Gasteiger partial charge is 0.453 e. The van der Waals surface area contributed by atoms with Crippen LogP contribution in [0.25, 0.3) is 10.9 Å². The first-order valence-electron chi connectivity index (χ1n) is 11.7. The van der Waals surface area contributed by atoms with Crippen molar-refractivity contribution in [1.29, 1.82) is 0 Å². The van der Waals surface area contributed by atoms with E-state index in [9.17, 15) is 14.4 Å². The molecule has 0 bridgehead atoms. The Hall–Kier alpha value is -3.15. The molecule has 2 aliphatic rings. The van der Waals surface area contributed by atoms with Crippen molar-refractivity contribution in [2.45, 2.75) is 31.5 Å². The van der Waals surface area contributed by atoms with Crippen LogP contribution in [0.3, 0.4) is 0 Å². The summed E-state index contributed by atoms with van der Waals surface area (Å²) < 4.78 is 4.88. The number of hydrogen-bond acceptors (Lipinski definition) is 7. The van der Waals surface area contributed by atoms with Crippen molar-refractivity contribution in [2.75, 3.05) is 33.8 Å². The Kier molecular flexibility index (Phi) is 6.87. The quantitative estimate of drug-likeness (QED) is 0.477. The lowest BCUT2D eigenvalue weighted by Crippen LogP contribution is -2.61. The first-order chi connectivity index (χ1) is 17.3. The van der Waals surface area contributed by atoms with Crippen molar-refractivity contribution in [1.82, 2.24) is 30.4 Å². The van der Waals surface area contributed by atoms with Crippen LogP contribution in [0.2, 0.25) is 5.02 Å². The van der Waals surface area contributed by atoms with E-state index >= 15 is 0 Å². The SMILES string of the molecule is COC(=O)N1CCC(NC(=O)c2cc3cc(Cl)ccc3[nH]2)C(NC(=O)c2nc3c(s2)CN(C)CC3)C1. The molecule has 3 amide bonds. The van der Waals surface area contributed by atoms with Gasteiger partial charge in [-0.05, 0) is 37.7 Å². The van der Waals surface area contributed by atoms with Gasteiger partial charge in [0, 0.05) is 53.4 Å². The predicted octanol–water partition coefficient (Wildman–Crippen LogP) is 2.63. The number of fused-ring (bicyclic) bond motifs is 2. The molecule has 0 radical (unpaired) electrons. The number of halogens is 1. The summed E-state index contributed by atoms with van der Waals surface area (Å²) in [5.41, 5.74) is 2.16. The second kappa shape index (κ2) is 10.1. The summed E-state index contributed by atoms with van der Waals surface area (Å²) in [6.45, 7) is 2.28. The molecule has 0 saturated carbocycles. The van der Waals surface area contributed by atoms with Gasteiger partial charge in [-0.3, -0.25) is 9.59 Å². The Labute approximate surface area is 216 Å². The number of aromatic amines is 1. The average molecular weight is 531 g/mol. The number of thiazole rings is 1. The highest BCUT2D eigenvalue weighted by atomic mass is 35.5. The van der Waals surface area contributed by atoms with Gasteiger partial charge in [-0.15, -0.1) is 11.3 Å². The molecule has 0 aliphatic carbocycles. The van der Waals surface area contributed by atoms with Gasteiger partial charge in [-0.1, -0.05) is 11.6 Å². The van der Waals surface area contributed by atoms with Gasteiger partial charge in [-0.25, -0.2) is 9.78 Å². The molecule has 2 aliphatic heterocycles. The van der Waals surface area contributed by atoms with Gasteiger partial charge in [0.1, 0.15) is 5.69 Å². The first kappa shape index (κ1) is 24.5. The van der Waals surface area contributed by atoms with Gasteiger partial charge in [0.05, 0.1) is 24.9 Å². The molecule has 4 heterocycles. The molecule has 5 rings (SSSR count). The minimum atomic E-state index is -0.517. The van der Waals surface area contributed by atoms with E-state index < -0.39 is 18.2 Å². The number of rotatable bonds is 4. The molecule has 1 fully saturated rings. The molecule has 3 aromatic rings. The number of aromatic nitrogens is 2.